The van der Waals surface area contributed by atoms with Crippen molar-refractivity contribution in [3.63, 3.8) is 0 Å². The van der Waals surface area contributed by atoms with Gasteiger partial charge in [-0.25, -0.2) is 4.98 Å². The molecule has 1 aliphatic rings. The molecule has 0 unspecified atom stereocenters. The van der Waals surface area contributed by atoms with Crippen LogP contribution in [0, 0.1) is 10.1 Å². The second-order valence-electron chi connectivity index (χ2n) is 4.27. The Kier molecular flexibility index (Phi) is 3.41. The van der Waals surface area contributed by atoms with Crippen LogP contribution >= 0.6 is 0 Å². The topological polar surface area (TPSA) is 85.3 Å². The SMILES string of the molecule is Nc1cc([N+](=O)[O-])cc(N2CCCCCC2)n1. The Morgan fingerprint density at radius 1 is 1.24 bits per heavy atom. The van der Waals surface area contributed by atoms with Crippen molar-refractivity contribution in [3.8, 4) is 0 Å². The van der Waals surface area contributed by atoms with Crippen LogP contribution in [-0.2, 0) is 0 Å². The van der Waals surface area contributed by atoms with Crippen molar-refractivity contribution < 1.29 is 4.92 Å². The number of aromatic nitrogens is 1. The average Bonchev–Trinajstić information content (AvgIpc) is 2.56. The van der Waals surface area contributed by atoms with E-state index in [1.807, 2.05) is 0 Å². The molecule has 6 heteroatoms. The average molecular weight is 236 g/mol. The molecule has 1 aliphatic heterocycles. The molecular formula is C11H16N4O2. The molecule has 2 N–H and O–H groups in total. The molecule has 92 valence electrons. The Morgan fingerprint density at radius 3 is 2.47 bits per heavy atom. The first kappa shape index (κ1) is 11.6. The number of rotatable bonds is 2. The van der Waals surface area contributed by atoms with Crippen LogP contribution in [0.5, 0.6) is 0 Å². The van der Waals surface area contributed by atoms with Crippen molar-refractivity contribution in [2.75, 3.05) is 23.7 Å². The van der Waals surface area contributed by atoms with Crippen molar-refractivity contribution in [2.24, 2.45) is 0 Å². The zero-order valence-corrected chi connectivity index (χ0v) is 9.63. The van der Waals surface area contributed by atoms with E-state index in [0.29, 0.717) is 5.82 Å². The molecule has 0 saturated carbocycles. The van der Waals surface area contributed by atoms with Crippen molar-refractivity contribution in [1.82, 2.24) is 4.98 Å². The molecular weight excluding hydrogens is 220 g/mol. The Labute approximate surface area is 99.6 Å². The molecule has 17 heavy (non-hydrogen) atoms. The second kappa shape index (κ2) is 4.99. The molecule has 0 aromatic carbocycles. The Balaban J connectivity index is 2.27. The number of anilines is 2. The zero-order chi connectivity index (χ0) is 12.3. The van der Waals surface area contributed by atoms with Gasteiger partial charge in [0.05, 0.1) is 17.1 Å². The summed E-state index contributed by atoms with van der Waals surface area (Å²) in [5.74, 6) is 0.831. The fraction of sp³-hybridized carbons (Fsp3) is 0.545. The highest BCUT2D eigenvalue weighted by atomic mass is 16.6. The summed E-state index contributed by atoms with van der Waals surface area (Å²) in [6.07, 6.45) is 4.62. The van der Waals surface area contributed by atoms with Crippen LogP contribution in [0.25, 0.3) is 0 Å². The lowest BCUT2D eigenvalue weighted by atomic mass is 10.2. The van der Waals surface area contributed by atoms with Gasteiger partial charge in [-0.15, -0.1) is 0 Å². The van der Waals surface area contributed by atoms with Gasteiger partial charge in [0, 0.05) is 13.1 Å². The lowest BCUT2D eigenvalue weighted by molar-refractivity contribution is -0.384. The minimum Gasteiger partial charge on any atom is -0.383 e. The first-order valence-corrected chi connectivity index (χ1v) is 5.84. The fourth-order valence-corrected chi connectivity index (χ4v) is 2.09. The monoisotopic (exact) mass is 236 g/mol. The predicted molar refractivity (Wildman–Crippen MR) is 66.0 cm³/mol. The van der Waals surface area contributed by atoms with Crippen LogP contribution in [0.1, 0.15) is 25.7 Å². The van der Waals surface area contributed by atoms with Crippen LogP contribution in [0.2, 0.25) is 0 Å². The van der Waals surface area contributed by atoms with Crippen molar-refractivity contribution >= 4 is 17.3 Å². The van der Waals surface area contributed by atoms with Gasteiger partial charge in [-0.05, 0) is 12.8 Å². The molecule has 6 nitrogen and oxygen atoms in total. The van der Waals surface area contributed by atoms with E-state index in [-0.39, 0.29) is 11.5 Å². The smallest absolute Gasteiger partial charge is 0.276 e. The number of pyridine rings is 1. The molecule has 1 saturated heterocycles. The van der Waals surface area contributed by atoms with E-state index in [0.717, 1.165) is 25.9 Å². The zero-order valence-electron chi connectivity index (χ0n) is 9.63. The molecule has 2 heterocycles. The molecule has 0 aliphatic carbocycles. The van der Waals surface area contributed by atoms with Crippen LogP contribution in [0.4, 0.5) is 17.3 Å². The Hall–Kier alpha value is -1.85. The minimum atomic E-state index is -0.431. The van der Waals surface area contributed by atoms with Gasteiger partial charge < -0.3 is 10.6 Å². The van der Waals surface area contributed by atoms with Gasteiger partial charge in [0.15, 0.2) is 0 Å². The summed E-state index contributed by atoms with van der Waals surface area (Å²) >= 11 is 0. The van der Waals surface area contributed by atoms with E-state index in [2.05, 4.69) is 9.88 Å². The Bertz CT molecular complexity index is 414. The van der Waals surface area contributed by atoms with E-state index in [1.54, 1.807) is 0 Å². The molecule has 1 fully saturated rings. The maximum atomic E-state index is 10.8. The molecule has 0 radical (unpaired) electrons. The highest BCUT2D eigenvalue weighted by Gasteiger charge is 2.16. The van der Waals surface area contributed by atoms with Crippen molar-refractivity contribution in [2.45, 2.75) is 25.7 Å². The van der Waals surface area contributed by atoms with E-state index in [1.165, 1.54) is 25.0 Å². The molecule has 1 aromatic rings. The summed E-state index contributed by atoms with van der Waals surface area (Å²) in [5.41, 5.74) is 5.61. The number of nitrogens with two attached hydrogens (primary N) is 1. The van der Waals surface area contributed by atoms with Crippen molar-refractivity contribution in [1.29, 1.82) is 0 Å². The summed E-state index contributed by atoms with van der Waals surface area (Å²) in [6, 6.07) is 2.79. The van der Waals surface area contributed by atoms with Gasteiger partial charge in [-0.1, -0.05) is 12.8 Å². The van der Waals surface area contributed by atoms with Crippen LogP contribution in [0.3, 0.4) is 0 Å². The quantitative estimate of drug-likeness (QED) is 0.626. The third-order valence-corrected chi connectivity index (χ3v) is 2.96. The van der Waals surface area contributed by atoms with Crippen LogP contribution < -0.4 is 10.6 Å². The van der Waals surface area contributed by atoms with Gasteiger partial charge >= 0.3 is 0 Å². The third-order valence-electron chi connectivity index (χ3n) is 2.96. The summed E-state index contributed by atoms with van der Waals surface area (Å²) < 4.78 is 0. The summed E-state index contributed by atoms with van der Waals surface area (Å²) in [6.45, 7) is 1.79. The van der Waals surface area contributed by atoms with Gasteiger partial charge in [-0.2, -0.15) is 0 Å². The van der Waals surface area contributed by atoms with E-state index in [9.17, 15) is 10.1 Å². The normalized spacial score (nSPS) is 16.6. The Morgan fingerprint density at radius 2 is 1.88 bits per heavy atom. The van der Waals surface area contributed by atoms with E-state index >= 15 is 0 Å². The lowest BCUT2D eigenvalue weighted by Gasteiger charge is -2.21. The van der Waals surface area contributed by atoms with Gasteiger partial charge in [0.1, 0.15) is 11.6 Å². The highest BCUT2D eigenvalue weighted by molar-refractivity contribution is 5.54. The van der Waals surface area contributed by atoms with E-state index < -0.39 is 4.92 Å². The fourth-order valence-electron chi connectivity index (χ4n) is 2.09. The number of hydrogen-bond donors (Lipinski definition) is 1. The van der Waals surface area contributed by atoms with Crippen LogP contribution in [-0.4, -0.2) is 23.0 Å². The van der Waals surface area contributed by atoms with Gasteiger partial charge in [0.25, 0.3) is 5.69 Å². The summed E-state index contributed by atoms with van der Waals surface area (Å²) in [4.78, 5) is 16.6. The second-order valence-corrected chi connectivity index (χ2v) is 4.27. The number of nitrogen functional groups attached to an aromatic ring is 1. The molecule has 2 rings (SSSR count). The highest BCUT2D eigenvalue weighted by Crippen LogP contribution is 2.23. The molecule has 0 atom stereocenters. The maximum Gasteiger partial charge on any atom is 0.276 e. The molecule has 0 bridgehead atoms. The number of nitro groups is 1. The molecule has 0 amide bonds. The summed E-state index contributed by atoms with van der Waals surface area (Å²) in [7, 11) is 0. The van der Waals surface area contributed by atoms with Gasteiger partial charge in [0.2, 0.25) is 0 Å². The molecule has 1 aromatic heterocycles. The first-order valence-electron chi connectivity index (χ1n) is 5.84. The summed E-state index contributed by atoms with van der Waals surface area (Å²) in [5, 5.41) is 10.8. The largest absolute Gasteiger partial charge is 0.383 e. The van der Waals surface area contributed by atoms with Crippen LogP contribution in [0.15, 0.2) is 12.1 Å². The maximum absolute atomic E-state index is 10.8. The number of hydrogen-bond acceptors (Lipinski definition) is 5. The van der Waals surface area contributed by atoms with E-state index in [4.69, 9.17) is 5.73 Å². The standard InChI is InChI=1S/C11H16N4O2/c12-10-7-9(15(16)17)8-11(13-10)14-5-3-1-2-4-6-14/h7-8H,1-6H2,(H2,12,13). The third kappa shape index (κ3) is 2.83. The van der Waals surface area contributed by atoms with Crippen molar-refractivity contribution in [3.05, 3.63) is 22.2 Å². The molecule has 0 spiro atoms. The first-order chi connectivity index (χ1) is 8.16. The minimum absolute atomic E-state index is 0.0109. The number of nitrogens with zero attached hydrogens (tertiary/aromatic N) is 3. The van der Waals surface area contributed by atoms with Gasteiger partial charge in [-0.3, -0.25) is 10.1 Å². The lowest BCUT2D eigenvalue weighted by Crippen LogP contribution is -2.25. The predicted octanol–water partition coefficient (Wildman–Crippen LogP) is 1.95.